The molecule has 0 bridgehead atoms. The minimum Gasteiger partial charge on any atom is -0.451 e. The van der Waals surface area contributed by atoms with Crippen LogP contribution < -0.4 is 5.32 Å². The highest BCUT2D eigenvalue weighted by Gasteiger charge is 2.15. The van der Waals surface area contributed by atoms with Gasteiger partial charge >= 0.3 is 5.97 Å². The van der Waals surface area contributed by atoms with Gasteiger partial charge in [-0.05, 0) is 31.0 Å². The molecule has 148 valence electrons. The van der Waals surface area contributed by atoms with Crippen molar-refractivity contribution in [2.75, 3.05) is 11.9 Å². The first kappa shape index (κ1) is 20.4. The van der Waals surface area contributed by atoms with Crippen LogP contribution in [0.4, 0.5) is 5.69 Å². The van der Waals surface area contributed by atoms with Crippen LogP contribution in [0.1, 0.15) is 40.3 Å². The number of ether oxygens (including phenoxy) is 1. The third-order valence-electron chi connectivity index (χ3n) is 4.21. The smallest absolute Gasteiger partial charge is 0.358 e. The summed E-state index contributed by atoms with van der Waals surface area (Å²) in [6, 6.07) is 14.5. The van der Waals surface area contributed by atoms with Crippen molar-refractivity contribution in [3.63, 3.8) is 0 Å². The Hall–Kier alpha value is -3.32. The van der Waals surface area contributed by atoms with Crippen molar-refractivity contribution in [1.82, 2.24) is 4.98 Å². The van der Waals surface area contributed by atoms with E-state index in [1.54, 1.807) is 29.6 Å². The van der Waals surface area contributed by atoms with Gasteiger partial charge in [-0.2, -0.15) is 0 Å². The third kappa shape index (κ3) is 5.36. The molecule has 0 atom stereocenters. The molecule has 3 aromatic rings. The van der Waals surface area contributed by atoms with E-state index in [4.69, 9.17) is 4.74 Å². The van der Waals surface area contributed by atoms with Crippen LogP contribution in [0, 0.1) is 0 Å². The number of esters is 1. The molecule has 0 aliphatic carbocycles. The number of thiazole rings is 1. The predicted octanol–water partition coefficient (Wildman–Crippen LogP) is 4.37. The average molecular weight is 408 g/mol. The Bertz CT molecular complexity index is 1040. The van der Waals surface area contributed by atoms with Gasteiger partial charge in [0.15, 0.2) is 18.1 Å². The van der Waals surface area contributed by atoms with Gasteiger partial charge in [0.2, 0.25) is 0 Å². The van der Waals surface area contributed by atoms with Gasteiger partial charge in [-0.1, -0.05) is 43.3 Å². The van der Waals surface area contributed by atoms with E-state index in [0.29, 0.717) is 16.3 Å². The van der Waals surface area contributed by atoms with Crippen molar-refractivity contribution in [3.05, 3.63) is 70.7 Å². The van der Waals surface area contributed by atoms with Crippen molar-refractivity contribution < 1.29 is 19.1 Å². The summed E-state index contributed by atoms with van der Waals surface area (Å²) in [6.07, 6.45) is 0.955. The number of hydrogen-bond donors (Lipinski definition) is 1. The summed E-state index contributed by atoms with van der Waals surface area (Å²) in [5, 5.41) is 4.92. The van der Waals surface area contributed by atoms with Gasteiger partial charge in [0.25, 0.3) is 5.91 Å². The van der Waals surface area contributed by atoms with E-state index in [9.17, 15) is 14.4 Å². The number of anilines is 1. The summed E-state index contributed by atoms with van der Waals surface area (Å²) in [5.74, 6) is -1.26. The lowest BCUT2D eigenvalue weighted by atomic mass is 10.1. The van der Waals surface area contributed by atoms with Crippen LogP contribution in [-0.2, 0) is 16.0 Å². The number of benzene rings is 2. The zero-order chi connectivity index (χ0) is 20.8. The molecule has 2 aromatic carbocycles. The third-order valence-corrected chi connectivity index (χ3v) is 5.10. The first-order valence-electron chi connectivity index (χ1n) is 9.09. The molecule has 1 amide bonds. The maximum Gasteiger partial charge on any atom is 0.358 e. The zero-order valence-corrected chi connectivity index (χ0v) is 16.9. The van der Waals surface area contributed by atoms with Gasteiger partial charge in [0.1, 0.15) is 5.01 Å². The monoisotopic (exact) mass is 408 g/mol. The molecule has 0 radical (unpaired) electrons. The average Bonchev–Trinajstić information content (AvgIpc) is 3.22. The number of carbonyl (C=O) groups excluding carboxylic acids is 3. The number of carbonyl (C=O) groups is 3. The summed E-state index contributed by atoms with van der Waals surface area (Å²) < 4.78 is 5.05. The summed E-state index contributed by atoms with van der Waals surface area (Å²) in [7, 11) is 0. The Balaban J connectivity index is 1.56. The standard InChI is InChI=1S/C22H20N2O4S/c1-3-15-7-9-16(10-8-15)21-24-19(13-29-21)22(27)28-12-20(26)23-18-6-4-5-17(11-18)14(2)25/h4-11,13H,3,12H2,1-2H3,(H,23,26). The fourth-order valence-electron chi connectivity index (χ4n) is 2.60. The van der Waals surface area contributed by atoms with Gasteiger partial charge in [0.05, 0.1) is 0 Å². The van der Waals surface area contributed by atoms with Crippen LogP contribution in [0.2, 0.25) is 0 Å². The normalized spacial score (nSPS) is 10.4. The second kappa shape index (κ2) is 9.25. The highest BCUT2D eigenvalue weighted by molar-refractivity contribution is 7.13. The maximum atomic E-state index is 12.2. The Morgan fingerprint density at radius 2 is 1.86 bits per heavy atom. The molecule has 0 fully saturated rings. The van der Waals surface area contributed by atoms with E-state index in [1.165, 1.54) is 23.8 Å². The Kier molecular flexibility index (Phi) is 6.51. The first-order chi connectivity index (χ1) is 14.0. The summed E-state index contributed by atoms with van der Waals surface area (Å²) in [4.78, 5) is 39.9. The molecule has 0 saturated carbocycles. The number of rotatable bonds is 7. The molecule has 0 saturated heterocycles. The number of nitrogens with zero attached hydrogens (tertiary/aromatic N) is 1. The lowest BCUT2D eigenvalue weighted by Gasteiger charge is -2.06. The topological polar surface area (TPSA) is 85.4 Å². The van der Waals surface area contributed by atoms with Gasteiger partial charge in [0, 0.05) is 22.2 Å². The quantitative estimate of drug-likeness (QED) is 0.463. The Morgan fingerprint density at radius 1 is 1.10 bits per heavy atom. The van der Waals surface area contributed by atoms with E-state index in [1.807, 2.05) is 24.3 Å². The van der Waals surface area contributed by atoms with Crippen LogP contribution in [0.3, 0.4) is 0 Å². The van der Waals surface area contributed by atoms with Crippen LogP contribution >= 0.6 is 11.3 Å². The number of nitrogens with one attached hydrogen (secondary N) is 1. The Morgan fingerprint density at radius 3 is 2.55 bits per heavy atom. The summed E-state index contributed by atoms with van der Waals surface area (Å²) >= 11 is 1.34. The highest BCUT2D eigenvalue weighted by Crippen LogP contribution is 2.24. The molecule has 6 nitrogen and oxygen atoms in total. The molecule has 1 aromatic heterocycles. The number of ketones is 1. The predicted molar refractivity (Wildman–Crippen MR) is 112 cm³/mol. The van der Waals surface area contributed by atoms with E-state index in [-0.39, 0.29) is 11.5 Å². The molecule has 1 N–H and O–H groups in total. The van der Waals surface area contributed by atoms with Crippen molar-refractivity contribution >= 4 is 34.7 Å². The van der Waals surface area contributed by atoms with E-state index < -0.39 is 18.5 Å². The molecule has 1 heterocycles. The molecular weight excluding hydrogens is 388 g/mol. The number of Topliss-reactive ketones (excluding diaryl/α,β-unsaturated/α-hetero) is 1. The first-order valence-corrected chi connectivity index (χ1v) is 9.97. The van der Waals surface area contributed by atoms with Gasteiger partial charge in [-0.25, -0.2) is 9.78 Å². The van der Waals surface area contributed by atoms with Crippen molar-refractivity contribution in [2.45, 2.75) is 20.3 Å². The van der Waals surface area contributed by atoms with Crippen LogP contribution in [0.5, 0.6) is 0 Å². The fourth-order valence-corrected chi connectivity index (χ4v) is 3.40. The fraction of sp³-hybridized carbons (Fsp3) is 0.182. The van der Waals surface area contributed by atoms with Crippen molar-refractivity contribution in [2.24, 2.45) is 0 Å². The molecule has 0 aliphatic rings. The maximum absolute atomic E-state index is 12.2. The van der Waals surface area contributed by atoms with E-state index in [0.717, 1.165) is 12.0 Å². The lowest BCUT2D eigenvalue weighted by Crippen LogP contribution is -2.21. The van der Waals surface area contributed by atoms with Gasteiger partial charge < -0.3 is 10.1 Å². The lowest BCUT2D eigenvalue weighted by molar-refractivity contribution is -0.119. The number of hydrogen-bond acceptors (Lipinski definition) is 6. The van der Waals surface area contributed by atoms with E-state index >= 15 is 0 Å². The second-order valence-electron chi connectivity index (χ2n) is 6.35. The Labute approximate surface area is 172 Å². The van der Waals surface area contributed by atoms with Gasteiger partial charge in [-0.3, -0.25) is 9.59 Å². The highest BCUT2D eigenvalue weighted by atomic mass is 32.1. The number of amides is 1. The van der Waals surface area contributed by atoms with Crippen molar-refractivity contribution in [3.8, 4) is 10.6 Å². The minimum absolute atomic E-state index is 0.101. The SMILES string of the molecule is CCc1ccc(-c2nc(C(=O)OCC(=O)Nc3cccc(C(C)=O)c3)cs2)cc1. The summed E-state index contributed by atoms with van der Waals surface area (Å²) in [6.45, 7) is 3.09. The largest absolute Gasteiger partial charge is 0.451 e. The van der Waals surface area contributed by atoms with Crippen molar-refractivity contribution in [1.29, 1.82) is 0 Å². The van der Waals surface area contributed by atoms with Crippen LogP contribution in [0.25, 0.3) is 10.6 Å². The minimum atomic E-state index is -0.662. The van der Waals surface area contributed by atoms with Crippen LogP contribution in [-0.4, -0.2) is 29.3 Å². The molecule has 3 rings (SSSR count). The number of aryl methyl sites for hydroxylation is 1. The summed E-state index contributed by atoms with van der Waals surface area (Å²) in [5.41, 5.74) is 3.27. The molecule has 29 heavy (non-hydrogen) atoms. The van der Waals surface area contributed by atoms with E-state index in [2.05, 4.69) is 17.2 Å². The molecule has 0 spiro atoms. The van der Waals surface area contributed by atoms with Crippen LogP contribution in [0.15, 0.2) is 53.9 Å². The molecule has 0 aliphatic heterocycles. The second-order valence-corrected chi connectivity index (χ2v) is 7.21. The molecule has 7 heteroatoms. The zero-order valence-electron chi connectivity index (χ0n) is 16.1. The van der Waals surface area contributed by atoms with Gasteiger partial charge in [-0.15, -0.1) is 11.3 Å². The molecular formula is C22H20N2O4S. The molecule has 0 unspecified atom stereocenters. The number of aromatic nitrogens is 1.